The lowest BCUT2D eigenvalue weighted by Gasteiger charge is -2.18. The van der Waals surface area contributed by atoms with Crippen molar-refractivity contribution >= 4 is 40.7 Å². The minimum absolute atomic E-state index is 0.614. The molecule has 1 aromatic carbocycles. The highest BCUT2D eigenvalue weighted by Crippen LogP contribution is 2.45. The smallest absolute Gasteiger partial charge is 0.0598 e. The SMILES string of the molecule is NNN1CC2=C(CCc3cc(Cl)c(Cl)cc32)S1. The van der Waals surface area contributed by atoms with Gasteiger partial charge in [-0.25, -0.2) is 0 Å². The molecule has 3 N–H and O–H groups in total. The minimum Gasteiger partial charge on any atom is -0.257 e. The average molecular weight is 288 g/mol. The fourth-order valence-corrected chi connectivity index (χ4v) is 3.62. The summed E-state index contributed by atoms with van der Waals surface area (Å²) in [5.74, 6) is 5.44. The van der Waals surface area contributed by atoms with E-state index in [1.807, 2.05) is 16.5 Å². The highest BCUT2D eigenvalue weighted by molar-refractivity contribution is 8.01. The number of nitrogens with two attached hydrogens (primary N) is 1. The van der Waals surface area contributed by atoms with Gasteiger partial charge in [-0.15, -0.1) is 0 Å². The number of allylic oxidation sites excluding steroid dienone is 1. The van der Waals surface area contributed by atoms with Gasteiger partial charge < -0.3 is 0 Å². The van der Waals surface area contributed by atoms with Crippen molar-refractivity contribution in [2.75, 3.05) is 6.54 Å². The van der Waals surface area contributed by atoms with E-state index in [1.54, 1.807) is 11.9 Å². The predicted molar refractivity (Wildman–Crippen MR) is 73.3 cm³/mol. The number of benzene rings is 1. The number of nitrogens with one attached hydrogen (secondary N) is 1. The van der Waals surface area contributed by atoms with Crippen LogP contribution in [0.1, 0.15) is 17.5 Å². The largest absolute Gasteiger partial charge is 0.257 e. The van der Waals surface area contributed by atoms with Gasteiger partial charge in [0.2, 0.25) is 0 Å². The molecular weight excluding hydrogens is 277 g/mol. The van der Waals surface area contributed by atoms with Crippen LogP contribution in [0.2, 0.25) is 10.0 Å². The van der Waals surface area contributed by atoms with Gasteiger partial charge in [-0.1, -0.05) is 23.2 Å². The molecule has 0 fully saturated rings. The third-order valence-corrected chi connectivity index (χ3v) is 4.94. The van der Waals surface area contributed by atoms with Crippen LogP contribution in [0.4, 0.5) is 0 Å². The lowest BCUT2D eigenvalue weighted by molar-refractivity contribution is 0.404. The second-order valence-electron chi connectivity index (χ2n) is 4.08. The molecule has 1 aliphatic carbocycles. The van der Waals surface area contributed by atoms with Crippen molar-refractivity contribution in [2.45, 2.75) is 12.8 Å². The van der Waals surface area contributed by atoms with E-state index in [-0.39, 0.29) is 0 Å². The number of nitrogens with zero attached hydrogens (tertiary/aromatic N) is 1. The number of fused-ring (bicyclic) bond motifs is 2. The normalized spacial score (nSPS) is 19.5. The summed E-state index contributed by atoms with van der Waals surface area (Å²) in [5.41, 5.74) is 6.47. The number of halogens is 2. The maximum Gasteiger partial charge on any atom is 0.0598 e. The topological polar surface area (TPSA) is 41.3 Å². The van der Waals surface area contributed by atoms with E-state index in [0.717, 1.165) is 19.4 Å². The minimum atomic E-state index is 0.614. The van der Waals surface area contributed by atoms with Crippen LogP contribution in [-0.2, 0) is 6.42 Å². The molecule has 0 atom stereocenters. The van der Waals surface area contributed by atoms with E-state index in [9.17, 15) is 0 Å². The first-order chi connectivity index (χ1) is 8.19. The van der Waals surface area contributed by atoms with Gasteiger partial charge in [0.05, 0.1) is 16.6 Å². The summed E-state index contributed by atoms with van der Waals surface area (Å²) < 4.78 is 1.92. The molecule has 3 nitrogen and oxygen atoms in total. The molecule has 0 unspecified atom stereocenters. The summed E-state index contributed by atoms with van der Waals surface area (Å²) in [4.78, 5) is 1.37. The molecule has 90 valence electrons. The number of hydrogen-bond acceptors (Lipinski definition) is 4. The van der Waals surface area contributed by atoms with Gasteiger partial charge >= 0.3 is 0 Å². The Balaban J connectivity index is 2.06. The van der Waals surface area contributed by atoms with Crippen LogP contribution in [0.3, 0.4) is 0 Å². The average Bonchev–Trinajstić information content (AvgIpc) is 2.74. The number of rotatable bonds is 1. The molecule has 6 heteroatoms. The first-order valence-corrected chi connectivity index (χ1v) is 6.84. The summed E-state index contributed by atoms with van der Waals surface area (Å²) >= 11 is 13.8. The Morgan fingerprint density at radius 3 is 2.76 bits per heavy atom. The molecule has 0 saturated carbocycles. The molecule has 2 aliphatic rings. The summed E-state index contributed by atoms with van der Waals surface area (Å²) in [7, 11) is 0. The first kappa shape index (κ1) is 11.8. The van der Waals surface area contributed by atoms with Gasteiger partial charge in [0, 0.05) is 4.91 Å². The van der Waals surface area contributed by atoms with Crippen LogP contribution in [0.25, 0.3) is 5.57 Å². The Morgan fingerprint density at radius 1 is 1.24 bits per heavy atom. The van der Waals surface area contributed by atoms with Gasteiger partial charge in [0.1, 0.15) is 0 Å². The van der Waals surface area contributed by atoms with Crippen LogP contribution in [0.5, 0.6) is 0 Å². The van der Waals surface area contributed by atoms with Crippen LogP contribution >= 0.6 is 35.1 Å². The van der Waals surface area contributed by atoms with Crippen molar-refractivity contribution in [2.24, 2.45) is 5.84 Å². The van der Waals surface area contributed by atoms with E-state index >= 15 is 0 Å². The van der Waals surface area contributed by atoms with Crippen LogP contribution in [0.15, 0.2) is 17.0 Å². The summed E-state index contributed by atoms with van der Waals surface area (Å²) in [6.07, 6.45) is 2.06. The van der Waals surface area contributed by atoms with Gasteiger partial charge in [0.25, 0.3) is 0 Å². The molecule has 3 rings (SSSR count). The van der Waals surface area contributed by atoms with Crippen LogP contribution in [0, 0.1) is 0 Å². The molecule has 1 aliphatic heterocycles. The Morgan fingerprint density at radius 2 is 2.00 bits per heavy atom. The highest BCUT2D eigenvalue weighted by Gasteiger charge is 2.28. The second-order valence-corrected chi connectivity index (χ2v) is 6.01. The van der Waals surface area contributed by atoms with Crippen LogP contribution in [-0.4, -0.2) is 11.0 Å². The van der Waals surface area contributed by atoms with Gasteiger partial charge in [-0.3, -0.25) is 5.84 Å². The number of hydrazine groups is 2. The molecule has 17 heavy (non-hydrogen) atoms. The molecule has 1 aromatic rings. The first-order valence-electron chi connectivity index (χ1n) is 5.31. The Bertz CT molecular complexity index is 516. The maximum absolute atomic E-state index is 6.09. The second kappa shape index (κ2) is 4.46. The van der Waals surface area contributed by atoms with Crippen molar-refractivity contribution in [3.8, 4) is 0 Å². The highest BCUT2D eigenvalue weighted by atomic mass is 35.5. The van der Waals surface area contributed by atoms with Gasteiger partial charge in [-0.2, -0.15) is 9.95 Å². The van der Waals surface area contributed by atoms with E-state index in [1.165, 1.54) is 21.6 Å². The molecule has 0 amide bonds. The Hall–Kier alpha value is -0.230. The molecule has 0 bridgehead atoms. The van der Waals surface area contributed by atoms with Gasteiger partial charge in [-0.05, 0) is 53.6 Å². The Kier molecular flexibility index (Phi) is 3.11. The standard InChI is InChI=1S/C11H11Cl2N3S/c12-9-3-6-1-2-11-8(5-16(15-14)17-11)7(6)4-10(9)13/h3-4,15H,1-2,5,14H2. The van der Waals surface area contributed by atoms with Crippen molar-refractivity contribution in [3.05, 3.63) is 38.2 Å². The molecule has 0 saturated heterocycles. The molecule has 0 aromatic heterocycles. The predicted octanol–water partition coefficient (Wildman–Crippen LogP) is 2.99. The zero-order valence-electron chi connectivity index (χ0n) is 8.96. The van der Waals surface area contributed by atoms with Crippen molar-refractivity contribution < 1.29 is 0 Å². The zero-order valence-corrected chi connectivity index (χ0v) is 11.3. The molecule has 1 heterocycles. The van der Waals surface area contributed by atoms with Crippen molar-refractivity contribution in [1.82, 2.24) is 9.95 Å². The number of aryl methyl sites for hydroxylation is 1. The monoisotopic (exact) mass is 287 g/mol. The third-order valence-electron chi connectivity index (χ3n) is 3.10. The van der Waals surface area contributed by atoms with Crippen molar-refractivity contribution in [1.29, 1.82) is 0 Å². The summed E-state index contributed by atoms with van der Waals surface area (Å²) in [6, 6.07) is 3.94. The lowest BCUT2D eigenvalue weighted by Crippen LogP contribution is -2.36. The fraction of sp³-hybridized carbons (Fsp3) is 0.273. The molecular formula is C11H11Cl2N3S. The van der Waals surface area contributed by atoms with Crippen molar-refractivity contribution in [3.63, 3.8) is 0 Å². The van der Waals surface area contributed by atoms with E-state index < -0.39 is 0 Å². The van der Waals surface area contributed by atoms with Gasteiger partial charge in [0.15, 0.2) is 0 Å². The summed E-state index contributed by atoms with van der Waals surface area (Å²) in [6.45, 7) is 0.793. The quantitative estimate of drug-likeness (QED) is 0.473. The third kappa shape index (κ3) is 1.99. The molecule has 0 spiro atoms. The Labute approximate surface area is 114 Å². The lowest BCUT2D eigenvalue weighted by atomic mass is 9.90. The van der Waals surface area contributed by atoms with E-state index in [4.69, 9.17) is 29.0 Å². The summed E-state index contributed by atoms with van der Waals surface area (Å²) in [5, 5.41) is 1.25. The fourth-order valence-electron chi connectivity index (χ4n) is 2.28. The molecule has 0 radical (unpaired) electrons. The van der Waals surface area contributed by atoms with Crippen LogP contribution < -0.4 is 11.4 Å². The van der Waals surface area contributed by atoms with E-state index in [2.05, 4.69) is 5.53 Å². The zero-order chi connectivity index (χ0) is 12.0. The number of hydrogen-bond donors (Lipinski definition) is 2. The maximum atomic E-state index is 6.09. The van der Waals surface area contributed by atoms with E-state index in [0.29, 0.717) is 10.0 Å².